The molecule has 0 saturated carbocycles. The lowest BCUT2D eigenvalue weighted by Crippen LogP contribution is -2.38. The molecule has 6 heteroatoms. The molecule has 6 nitrogen and oxygen atoms in total. The van der Waals surface area contributed by atoms with Crippen LogP contribution in [0.25, 0.3) is 0 Å². The van der Waals surface area contributed by atoms with Gasteiger partial charge in [0.2, 0.25) is 5.60 Å². The quantitative estimate of drug-likeness (QED) is 0.428. The fraction of sp³-hybridized carbons (Fsp3) is 0.250. The normalized spacial score (nSPS) is 12.7. The summed E-state index contributed by atoms with van der Waals surface area (Å²) in [7, 11) is 1.19. The molecule has 0 radical (unpaired) electrons. The summed E-state index contributed by atoms with van der Waals surface area (Å²) in [5.74, 6) is -1.19. The minimum atomic E-state index is -2.02. The molecule has 2 aromatic rings. The van der Waals surface area contributed by atoms with Gasteiger partial charge in [-0.05, 0) is 24.1 Å². The van der Waals surface area contributed by atoms with Crippen LogP contribution < -0.4 is 5.32 Å². The molecular formula is C20H21NO5. The maximum atomic E-state index is 12.4. The molecule has 26 heavy (non-hydrogen) atoms. The van der Waals surface area contributed by atoms with E-state index in [-0.39, 0.29) is 11.5 Å². The lowest BCUT2D eigenvalue weighted by molar-refractivity contribution is -0.158. The summed E-state index contributed by atoms with van der Waals surface area (Å²) in [5, 5.41) is 13.8. The van der Waals surface area contributed by atoms with E-state index < -0.39 is 11.6 Å². The first-order valence-corrected chi connectivity index (χ1v) is 8.22. The minimum absolute atomic E-state index is 0.232. The van der Waals surface area contributed by atoms with Gasteiger partial charge in [-0.2, -0.15) is 0 Å². The second-order valence-corrected chi connectivity index (χ2v) is 5.71. The Hall–Kier alpha value is -2.99. The Bertz CT molecular complexity index is 775. The van der Waals surface area contributed by atoms with Crippen LogP contribution in [-0.4, -0.2) is 36.9 Å². The molecule has 0 fully saturated rings. The minimum Gasteiger partial charge on any atom is -0.466 e. The van der Waals surface area contributed by atoms with Crippen molar-refractivity contribution in [2.75, 3.05) is 13.7 Å². The Labute approximate surface area is 151 Å². The van der Waals surface area contributed by atoms with Crippen molar-refractivity contribution in [3.8, 4) is 0 Å². The Morgan fingerprint density at radius 2 is 1.81 bits per heavy atom. The van der Waals surface area contributed by atoms with Crippen LogP contribution in [0.15, 0.2) is 54.6 Å². The number of nitrogens with one attached hydrogen (secondary N) is 1. The number of rotatable bonds is 8. The third-order valence-electron chi connectivity index (χ3n) is 4.00. The number of aliphatic hydroxyl groups is 1. The Kier molecular flexibility index (Phi) is 6.63. The van der Waals surface area contributed by atoms with Crippen molar-refractivity contribution in [3.05, 3.63) is 71.3 Å². The Morgan fingerprint density at radius 1 is 1.12 bits per heavy atom. The molecule has 0 aliphatic rings. The van der Waals surface area contributed by atoms with Gasteiger partial charge in [0.15, 0.2) is 0 Å². The van der Waals surface area contributed by atoms with E-state index >= 15 is 0 Å². The summed E-state index contributed by atoms with van der Waals surface area (Å²) in [6.45, 7) is 0.363. The lowest BCUT2D eigenvalue weighted by Gasteiger charge is -2.26. The number of unbranched alkanes of at least 4 members (excludes halogenated alkanes) is 1. The van der Waals surface area contributed by atoms with Crippen LogP contribution in [-0.2, 0) is 19.9 Å². The predicted octanol–water partition coefficient (Wildman–Crippen LogP) is 1.80. The van der Waals surface area contributed by atoms with E-state index in [1.54, 1.807) is 48.5 Å². The number of hydrogen-bond donors (Lipinski definition) is 2. The number of aldehydes is 1. The number of ether oxygens (including phenoxy) is 1. The van der Waals surface area contributed by atoms with E-state index in [4.69, 9.17) is 4.74 Å². The molecule has 1 amide bonds. The van der Waals surface area contributed by atoms with Crippen LogP contribution >= 0.6 is 0 Å². The number of hydrogen-bond acceptors (Lipinski definition) is 5. The number of esters is 1. The second-order valence-electron chi connectivity index (χ2n) is 5.71. The summed E-state index contributed by atoms with van der Waals surface area (Å²) in [6.07, 6.45) is 1.71. The second kappa shape index (κ2) is 8.92. The fourth-order valence-electron chi connectivity index (χ4n) is 2.60. The first-order chi connectivity index (χ1) is 12.5. The fourth-order valence-corrected chi connectivity index (χ4v) is 2.60. The van der Waals surface area contributed by atoms with Gasteiger partial charge in [-0.25, -0.2) is 4.79 Å². The summed E-state index contributed by atoms with van der Waals surface area (Å²) in [6, 6.07) is 14.6. The SMILES string of the molecule is COC(=O)C(O)(c1ccccc1)c1cccc(C(=O)NCCCC=O)c1. The van der Waals surface area contributed by atoms with Gasteiger partial charge >= 0.3 is 5.97 Å². The monoisotopic (exact) mass is 355 g/mol. The zero-order chi connectivity index (χ0) is 19.0. The molecule has 1 atom stereocenters. The van der Waals surface area contributed by atoms with E-state index in [1.807, 2.05) is 0 Å². The van der Waals surface area contributed by atoms with Crippen LogP contribution in [0.5, 0.6) is 0 Å². The molecule has 0 saturated heterocycles. The molecule has 0 spiro atoms. The average molecular weight is 355 g/mol. The molecule has 2 N–H and O–H groups in total. The molecule has 2 rings (SSSR count). The van der Waals surface area contributed by atoms with Crippen molar-refractivity contribution in [2.24, 2.45) is 0 Å². The Morgan fingerprint density at radius 3 is 2.46 bits per heavy atom. The summed E-state index contributed by atoms with van der Waals surface area (Å²) >= 11 is 0. The zero-order valence-electron chi connectivity index (χ0n) is 14.5. The first-order valence-electron chi connectivity index (χ1n) is 8.22. The van der Waals surface area contributed by atoms with Crippen LogP contribution in [0.1, 0.15) is 34.3 Å². The van der Waals surface area contributed by atoms with E-state index in [0.29, 0.717) is 30.5 Å². The Balaban J connectivity index is 2.34. The maximum Gasteiger partial charge on any atom is 0.347 e. The van der Waals surface area contributed by atoms with Crippen molar-refractivity contribution in [1.82, 2.24) is 5.32 Å². The van der Waals surface area contributed by atoms with Crippen molar-refractivity contribution in [1.29, 1.82) is 0 Å². The maximum absolute atomic E-state index is 12.4. The van der Waals surface area contributed by atoms with Crippen molar-refractivity contribution in [2.45, 2.75) is 18.4 Å². The average Bonchev–Trinajstić information content (AvgIpc) is 2.70. The molecule has 0 aliphatic heterocycles. The number of methoxy groups -OCH3 is 1. The van der Waals surface area contributed by atoms with Crippen molar-refractivity contribution >= 4 is 18.2 Å². The summed E-state index contributed by atoms with van der Waals surface area (Å²) in [5.41, 5.74) is -1.15. The van der Waals surface area contributed by atoms with E-state index in [0.717, 1.165) is 6.29 Å². The van der Waals surface area contributed by atoms with Gasteiger partial charge in [-0.15, -0.1) is 0 Å². The third-order valence-corrected chi connectivity index (χ3v) is 4.00. The van der Waals surface area contributed by atoms with Gasteiger partial charge < -0.3 is 20.0 Å². The first kappa shape index (κ1) is 19.3. The molecular weight excluding hydrogens is 334 g/mol. The van der Waals surface area contributed by atoms with Crippen LogP contribution in [0.2, 0.25) is 0 Å². The molecule has 0 heterocycles. The van der Waals surface area contributed by atoms with Crippen LogP contribution in [0.3, 0.4) is 0 Å². The van der Waals surface area contributed by atoms with E-state index in [9.17, 15) is 19.5 Å². The number of carbonyl (C=O) groups excluding carboxylic acids is 3. The van der Waals surface area contributed by atoms with E-state index in [1.165, 1.54) is 13.2 Å². The number of carbonyl (C=O) groups is 3. The molecule has 0 aliphatic carbocycles. The number of benzene rings is 2. The summed E-state index contributed by atoms with van der Waals surface area (Å²) in [4.78, 5) is 34.9. The van der Waals surface area contributed by atoms with Crippen LogP contribution in [0, 0.1) is 0 Å². The summed E-state index contributed by atoms with van der Waals surface area (Å²) < 4.78 is 4.79. The molecule has 2 aromatic carbocycles. The van der Waals surface area contributed by atoms with Gasteiger partial charge in [0.05, 0.1) is 7.11 Å². The van der Waals surface area contributed by atoms with Crippen LogP contribution in [0.4, 0.5) is 0 Å². The lowest BCUT2D eigenvalue weighted by atomic mass is 9.85. The van der Waals surface area contributed by atoms with Gasteiger partial charge in [0, 0.05) is 24.1 Å². The molecule has 136 valence electrons. The number of amides is 1. The van der Waals surface area contributed by atoms with Crippen molar-refractivity contribution < 1.29 is 24.2 Å². The topological polar surface area (TPSA) is 92.7 Å². The standard InChI is InChI=1S/C20H21NO5/c1-26-19(24)20(25,16-9-3-2-4-10-16)17-11-7-8-15(14-17)18(23)21-12-5-6-13-22/h2-4,7-11,13-14,25H,5-6,12H2,1H3,(H,21,23). The van der Waals surface area contributed by atoms with Gasteiger partial charge in [0.1, 0.15) is 6.29 Å². The predicted molar refractivity (Wildman–Crippen MR) is 95.5 cm³/mol. The molecule has 0 bridgehead atoms. The highest BCUT2D eigenvalue weighted by Gasteiger charge is 2.41. The smallest absolute Gasteiger partial charge is 0.347 e. The largest absolute Gasteiger partial charge is 0.466 e. The zero-order valence-corrected chi connectivity index (χ0v) is 14.5. The van der Waals surface area contributed by atoms with Gasteiger partial charge in [0.25, 0.3) is 5.91 Å². The molecule has 0 aromatic heterocycles. The van der Waals surface area contributed by atoms with Crippen molar-refractivity contribution in [3.63, 3.8) is 0 Å². The van der Waals surface area contributed by atoms with E-state index in [2.05, 4.69) is 5.32 Å². The third kappa shape index (κ3) is 4.15. The highest BCUT2D eigenvalue weighted by molar-refractivity contribution is 5.95. The molecule has 1 unspecified atom stereocenters. The van der Waals surface area contributed by atoms with Gasteiger partial charge in [-0.1, -0.05) is 42.5 Å². The highest BCUT2D eigenvalue weighted by atomic mass is 16.5. The van der Waals surface area contributed by atoms with Gasteiger partial charge in [-0.3, -0.25) is 4.79 Å². The highest BCUT2D eigenvalue weighted by Crippen LogP contribution is 2.31.